The number of aliphatic hydroxyl groups is 1. The molecule has 2 aliphatic rings. The minimum absolute atomic E-state index is 0.0598. The molecular formula is C19H16O3. The van der Waals surface area contributed by atoms with Crippen molar-refractivity contribution < 1.29 is 14.6 Å². The Hall–Kier alpha value is -2.55. The van der Waals surface area contributed by atoms with Gasteiger partial charge in [-0.2, -0.15) is 0 Å². The summed E-state index contributed by atoms with van der Waals surface area (Å²) in [6, 6.07) is 9.75. The predicted molar refractivity (Wildman–Crippen MR) is 85.1 cm³/mol. The minimum atomic E-state index is 0.0598. The van der Waals surface area contributed by atoms with Crippen molar-refractivity contribution >= 4 is 11.5 Å². The number of hydrogen-bond donors (Lipinski definition) is 1. The van der Waals surface area contributed by atoms with E-state index in [0.717, 1.165) is 46.4 Å². The number of aliphatic hydroxyl groups excluding tert-OH is 1. The molecule has 2 aromatic rings. The molecule has 0 unspecified atom stereocenters. The average Bonchev–Trinajstić information content (AvgIpc) is 2.53. The van der Waals surface area contributed by atoms with E-state index in [-0.39, 0.29) is 11.5 Å². The summed E-state index contributed by atoms with van der Waals surface area (Å²) in [6.07, 6.45) is 2.49. The van der Waals surface area contributed by atoms with Gasteiger partial charge in [0.25, 0.3) is 0 Å². The molecule has 0 fully saturated rings. The molecule has 1 heterocycles. The van der Waals surface area contributed by atoms with Crippen LogP contribution < -0.4 is 4.74 Å². The van der Waals surface area contributed by atoms with Crippen LogP contribution in [-0.4, -0.2) is 10.9 Å². The van der Waals surface area contributed by atoms with Crippen molar-refractivity contribution in [2.45, 2.75) is 25.9 Å². The van der Waals surface area contributed by atoms with Crippen LogP contribution in [0.3, 0.4) is 0 Å². The van der Waals surface area contributed by atoms with Crippen LogP contribution in [0.5, 0.6) is 5.75 Å². The van der Waals surface area contributed by atoms with E-state index >= 15 is 0 Å². The van der Waals surface area contributed by atoms with Crippen LogP contribution in [0, 0.1) is 0 Å². The lowest BCUT2D eigenvalue weighted by molar-refractivity contribution is 0.0972. The Labute approximate surface area is 128 Å². The normalized spacial score (nSPS) is 15.4. The van der Waals surface area contributed by atoms with Gasteiger partial charge in [0.15, 0.2) is 5.78 Å². The largest absolute Gasteiger partial charge is 0.508 e. The SMILES string of the molecule is C=C(O)c1ccc2c(c1)COc1cc3c(cc1-2)CCCC3=O. The van der Waals surface area contributed by atoms with Gasteiger partial charge < -0.3 is 9.84 Å². The number of fused-ring (bicyclic) bond motifs is 4. The third-order valence-corrected chi connectivity index (χ3v) is 4.47. The summed E-state index contributed by atoms with van der Waals surface area (Å²) in [7, 11) is 0. The summed E-state index contributed by atoms with van der Waals surface area (Å²) in [5, 5.41) is 9.54. The Bertz CT molecular complexity index is 818. The third kappa shape index (κ3) is 1.93. The summed E-state index contributed by atoms with van der Waals surface area (Å²) in [5.41, 5.74) is 5.80. The fraction of sp³-hybridized carbons (Fsp3) is 0.211. The summed E-state index contributed by atoms with van der Waals surface area (Å²) >= 11 is 0. The number of carbonyl (C=O) groups excluding carboxylic acids is 1. The zero-order chi connectivity index (χ0) is 15.3. The van der Waals surface area contributed by atoms with Crippen LogP contribution in [0.4, 0.5) is 0 Å². The van der Waals surface area contributed by atoms with Crippen LogP contribution in [0.1, 0.15) is 39.9 Å². The first-order valence-electron chi connectivity index (χ1n) is 7.48. The monoisotopic (exact) mass is 292 g/mol. The Balaban J connectivity index is 1.88. The van der Waals surface area contributed by atoms with Crippen molar-refractivity contribution in [1.82, 2.24) is 0 Å². The lowest BCUT2D eigenvalue weighted by Crippen LogP contribution is -2.13. The summed E-state index contributed by atoms with van der Waals surface area (Å²) < 4.78 is 5.84. The van der Waals surface area contributed by atoms with Crippen LogP contribution in [0.25, 0.3) is 16.9 Å². The van der Waals surface area contributed by atoms with Crippen LogP contribution in [-0.2, 0) is 13.0 Å². The molecule has 4 rings (SSSR count). The molecule has 0 spiro atoms. The van der Waals surface area contributed by atoms with Gasteiger partial charge in [0.2, 0.25) is 0 Å². The highest BCUT2D eigenvalue weighted by atomic mass is 16.5. The molecule has 0 aromatic heterocycles. The van der Waals surface area contributed by atoms with Crippen molar-refractivity contribution in [1.29, 1.82) is 0 Å². The predicted octanol–water partition coefficient (Wildman–Crippen LogP) is 4.29. The van der Waals surface area contributed by atoms with Crippen LogP contribution in [0.2, 0.25) is 0 Å². The van der Waals surface area contributed by atoms with Crippen molar-refractivity contribution in [3.8, 4) is 16.9 Å². The lowest BCUT2D eigenvalue weighted by atomic mass is 9.86. The highest BCUT2D eigenvalue weighted by Gasteiger charge is 2.24. The third-order valence-electron chi connectivity index (χ3n) is 4.47. The number of hydrogen-bond acceptors (Lipinski definition) is 3. The summed E-state index contributed by atoms with van der Waals surface area (Å²) in [5.74, 6) is 1.05. The summed E-state index contributed by atoms with van der Waals surface area (Å²) in [4.78, 5) is 12.0. The van der Waals surface area contributed by atoms with Crippen molar-refractivity contribution in [3.05, 3.63) is 59.2 Å². The molecule has 0 saturated heterocycles. The smallest absolute Gasteiger partial charge is 0.163 e. The first kappa shape index (κ1) is 13.1. The second-order valence-electron chi connectivity index (χ2n) is 5.89. The molecule has 0 bridgehead atoms. The van der Waals surface area contributed by atoms with E-state index in [1.54, 1.807) is 0 Å². The van der Waals surface area contributed by atoms with Gasteiger partial charge in [-0.05, 0) is 47.7 Å². The molecule has 1 N–H and O–H groups in total. The van der Waals surface area contributed by atoms with Gasteiger partial charge in [-0.3, -0.25) is 4.79 Å². The molecule has 0 radical (unpaired) electrons. The molecule has 22 heavy (non-hydrogen) atoms. The Morgan fingerprint density at radius 1 is 1.05 bits per heavy atom. The van der Waals surface area contributed by atoms with Crippen LogP contribution in [0.15, 0.2) is 36.9 Å². The van der Waals surface area contributed by atoms with Gasteiger partial charge in [0, 0.05) is 23.1 Å². The number of ketones is 1. The van der Waals surface area contributed by atoms with E-state index in [9.17, 15) is 9.90 Å². The first-order valence-corrected chi connectivity index (χ1v) is 7.48. The zero-order valence-electron chi connectivity index (χ0n) is 12.2. The van der Waals surface area contributed by atoms with Gasteiger partial charge in [0.05, 0.1) is 0 Å². The molecule has 0 saturated carbocycles. The molecule has 0 atom stereocenters. The fourth-order valence-corrected chi connectivity index (χ4v) is 3.31. The quantitative estimate of drug-likeness (QED) is 0.797. The van der Waals surface area contributed by atoms with Crippen LogP contribution >= 0.6 is 0 Å². The highest BCUT2D eigenvalue weighted by molar-refractivity contribution is 6.00. The van der Waals surface area contributed by atoms with Gasteiger partial charge in [-0.25, -0.2) is 0 Å². The van der Waals surface area contributed by atoms with Gasteiger partial charge in [0.1, 0.15) is 18.1 Å². The Morgan fingerprint density at radius 3 is 2.73 bits per heavy atom. The number of ether oxygens (including phenoxy) is 1. The molecule has 1 aliphatic heterocycles. The molecular weight excluding hydrogens is 276 g/mol. The van der Waals surface area contributed by atoms with Gasteiger partial charge >= 0.3 is 0 Å². The first-order chi connectivity index (χ1) is 10.6. The van der Waals surface area contributed by atoms with E-state index < -0.39 is 0 Å². The highest BCUT2D eigenvalue weighted by Crippen LogP contribution is 2.41. The molecule has 1 aliphatic carbocycles. The molecule has 110 valence electrons. The topological polar surface area (TPSA) is 46.5 Å². The lowest BCUT2D eigenvalue weighted by Gasteiger charge is -2.25. The van der Waals surface area contributed by atoms with E-state index in [1.165, 1.54) is 0 Å². The standard InChI is InChI=1S/C19H16O3/c1-11(20)12-5-6-15-14(7-12)10-22-19-9-16-13(8-17(15)19)3-2-4-18(16)21/h5-9,20H,1-4,10H2. The van der Waals surface area contributed by atoms with Gasteiger partial charge in [-0.1, -0.05) is 18.7 Å². The molecule has 3 nitrogen and oxygen atoms in total. The number of benzene rings is 2. The minimum Gasteiger partial charge on any atom is -0.508 e. The Morgan fingerprint density at radius 2 is 1.91 bits per heavy atom. The summed E-state index contributed by atoms with van der Waals surface area (Å²) in [6.45, 7) is 4.00. The second-order valence-corrected chi connectivity index (χ2v) is 5.89. The molecule has 0 amide bonds. The molecule has 3 heteroatoms. The number of rotatable bonds is 1. The second kappa shape index (κ2) is 4.73. The number of Topliss-reactive ketones (excluding diaryl/α,β-unsaturated/α-hetero) is 1. The van der Waals surface area contributed by atoms with E-state index in [1.807, 2.05) is 24.3 Å². The van der Waals surface area contributed by atoms with E-state index in [0.29, 0.717) is 18.6 Å². The zero-order valence-corrected chi connectivity index (χ0v) is 12.2. The van der Waals surface area contributed by atoms with Gasteiger partial charge in [-0.15, -0.1) is 0 Å². The number of aryl methyl sites for hydroxylation is 1. The molecule has 2 aromatic carbocycles. The van der Waals surface area contributed by atoms with Crippen molar-refractivity contribution in [2.75, 3.05) is 0 Å². The maximum absolute atomic E-state index is 12.0. The maximum atomic E-state index is 12.0. The van der Waals surface area contributed by atoms with E-state index in [2.05, 4.69) is 12.6 Å². The fourth-order valence-electron chi connectivity index (χ4n) is 3.31. The average molecular weight is 292 g/mol. The van der Waals surface area contributed by atoms with Crippen molar-refractivity contribution in [2.24, 2.45) is 0 Å². The maximum Gasteiger partial charge on any atom is 0.163 e. The number of carbonyl (C=O) groups is 1. The van der Waals surface area contributed by atoms with Crippen molar-refractivity contribution in [3.63, 3.8) is 0 Å². The Kier molecular flexibility index (Phi) is 2.83. The van der Waals surface area contributed by atoms with E-state index in [4.69, 9.17) is 4.74 Å².